The van der Waals surface area contributed by atoms with E-state index in [2.05, 4.69) is 15.4 Å². The van der Waals surface area contributed by atoms with Crippen molar-refractivity contribution in [2.75, 3.05) is 24.4 Å². The van der Waals surface area contributed by atoms with Gasteiger partial charge < -0.3 is 20.6 Å². The number of rotatable bonds is 5. The number of ether oxygens (including phenoxy) is 2. The highest BCUT2D eigenvalue weighted by Gasteiger charge is 2.09. The molecule has 7 nitrogen and oxygen atoms in total. The van der Waals surface area contributed by atoms with Crippen molar-refractivity contribution < 1.29 is 9.47 Å². The molecule has 7 heteroatoms. The summed E-state index contributed by atoms with van der Waals surface area (Å²) in [7, 11) is 0. The maximum absolute atomic E-state index is 5.50. The Balaban J connectivity index is 2.44. The lowest BCUT2D eigenvalue weighted by Gasteiger charge is -2.19. The number of nitrogens with two attached hydrogens (primary N) is 2. The third-order valence-electron chi connectivity index (χ3n) is 1.74. The molecule has 0 unspecified atom stereocenters. The first-order chi connectivity index (χ1) is 7.90. The molecule has 5 N–H and O–H groups in total. The fourth-order valence-electron chi connectivity index (χ4n) is 1.08. The molecule has 17 heavy (non-hydrogen) atoms. The van der Waals surface area contributed by atoms with Gasteiger partial charge in [-0.25, -0.2) is 5.84 Å². The third kappa shape index (κ3) is 5.32. The molecule has 0 atom stereocenters. The Morgan fingerprint density at radius 1 is 1.29 bits per heavy atom. The number of hydrogen-bond acceptors (Lipinski definition) is 7. The van der Waals surface area contributed by atoms with Crippen molar-refractivity contribution in [3.63, 3.8) is 0 Å². The van der Waals surface area contributed by atoms with E-state index in [0.29, 0.717) is 24.9 Å². The molecule has 0 fully saturated rings. The lowest BCUT2D eigenvalue weighted by molar-refractivity contribution is -0.0168. The molecular formula is C10H19N5O2. The standard InChI is InChI=1S/C10H19N5O2/c1-10(2,3)17-5-4-16-8-6-7(15-12)13-9(11)14-8/h6H,4-5,12H2,1-3H3,(H3,11,13,14,15). The van der Waals surface area contributed by atoms with Crippen LogP contribution in [0, 0.1) is 0 Å². The summed E-state index contributed by atoms with van der Waals surface area (Å²) in [6.07, 6.45) is 0. The minimum absolute atomic E-state index is 0.104. The average Bonchev–Trinajstić information content (AvgIpc) is 2.22. The van der Waals surface area contributed by atoms with Crippen molar-refractivity contribution in [1.82, 2.24) is 9.97 Å². The summed E-state index contributed by atoms with van der Waals surface area (Å²) < 4.78 is 10.9. The predicted molar refractivity (Wildman–Crippen MR) is 65.5 cm³/mol. The first-order valence-electron chi connectivity index (χ1n) is 5.28. The van der Waals surface area contributed by atoms with Crippen molar-refractivity contribution in [2.45, 2.75) is 26.4 Å². The van der Waals surface area contributed by atoms with Crippen LogP contribution in [0.15, 0.2) is 6.07 Å². The summed E-state index contributed by atoms with van der Waals surface area (Å²) in [5, 5.41) is 0. The molecule has 0 saturated heterocycles. The molecule has 96 valence electrons. The number of aromatic nitrogens is 2. The average molecular weight is 241 g/mol. The van der Waals surface area contributed by atoms with Gasteiger partial charge in [0, 0.05) is 6.07 Å². The highest BCUT2D eigenvalue weighted by atomic mass is 16.5. The zero-order chi connectivity index (χ0) is 12.9. The minimum atomic E-state index is -0.183. The molecule has 0 amide bonds. The SMILES string of the molecule is CC(C)(C)OCCOc1cc(NN)nc(N)n1. The van der Waals surface area contributed by atoms with Gasteiger partial charge in [-0.1, -0.05) is 0 Å². The van der Waals surface area contributed by atoms with Gasteiger partial charge in [0.05, 0.1) is 12.2 Å². The van der Waals surface area contributed by atoms with Crippen molar-refractivity contribution in [3.05, 3.63) is 6.07 Å². The first-order valence-corrected chi connectivity index (χ1v) is 5.28. The van der Waals surface area contributed by atoms with Crippen LogP contribution < -0.4 is 21.7 Å². The van der Waals surface area contributed by atoms with Crippen molar-refractivity contribution >= 4 is 11.8 Å². The Bertz CT molecular complexity index is 364. The van der Waals surface area contributed by atoms with Gasteiger partial charge in [-0.2, -0.15) is 9.97 Å². The van der Waals surface area contributed by atoms with E-state index in [0.717, 1.165) is 0 Å². The third-order valence-corrected chi connectivity index (χ3v) is 1.74. The van der Waals surface area contributed by atoms with Crippen LogP contribution >= 0.6 is 0 Å². The lowest BCUT2D eigenvalue weighted by atomic mass is 10.2. The second kappa shape index (κ2) is 5.65. The van der Waals surface area contributed by atoms with E-state index in [-0.39, 0.29) is 11.5 Å². The number of nitrogens with one attached hydrogen (secondary N) is 1. The Labute approximate surface area is 100 Å². The molecule has 0 aliphatic carbocycles. The number of hydrazine groups is 1. The summed E-state index contributed by atoms with van der Waals surface area (Å²) in [6, 6.07) is 1.56. The predicted octanol–water partition coefficient (Wildman–Crippen LogP) is 0.538. The largest absolute Gasteiger partial charge is 0.475 e. The highest BCUT2D eigenvalue weighted by molar-refractivity contribution is 5.41. The molecule has 0 spiro atoms. The molecule has 0 radical (unpaired) electrons. The molecule has 0 saturated carbocycles. The van der Waals surface area contributed by atoms with E-state index in [9.17, 15) is 0 Å². The number of nitrogen functional groups attached to an aromatic ring is 2. The fourth-order valence-corrected chi connectivity index (χ4v) is 1.08. The minimum Gasteiger partial charge on any atom is -0.475 e. The molecule has 1 aromatic heterocycles. The van der Waals surface area contributed by atoms with Gasteiger partial charge in [-0.05, 0) is 20.8 Å². The maximum atomic E-state index is 5.50. The van der Waals surface area contributed by atoms with E-state index >= 15 is 0 Å². The van der Waals surface area contributed by atoms with E-state index < -0.39 is 0 Å². The first kappa shape index (κ1) is 13.5. The van der Waals surface area contributed by atoms with E-state index in [1.165, 1.54) is 0 Å². The van der Waals surface area contributed by atoms with Crippen LogP contribution in [0.4, 0.5) is 11.8 Å². The van der Waals surface area contributed by atoms with Crippen molar-refractivity contribution in [1.29, 1.82) is 0 Å². The van der Waals surface area contributed by atoms with Crippen LogP contribution in [0.5, 0.6) is 5.88 Å². The van der Waals surface area contributed by atoms with Gasteiger partial charge in [0.25, 0.3) is 0 Å². The molecule has 1 aromatic rings. The molecule has 1 heterocycles. The van der Waals surface area contributed by atoms with Gasteiger partial charge in [0.15, 0.2) is 0 Å². The molecular weight excluding hydrogens is 222 g/mol. The smallest absolute Gasteiger partial charge is 0.225 e. The van der Waals surface area contributed by atoms with Crippen molar-refractivity contribution in [2.24, 2.45) is 5.84 Å². The molecule has 0 aliphatic rings. The molecule has 0 bridgehead atoms. The number of anilines is 2. The van der Waals surface area contributed by atoms with Gasteiger partial charge in [-0.15, -0.1) is 0 Å². The van der Waals surface area contributed by atoms with Crippen LogP contribution in [0.2, 0.25) is 0 Å². The van der Waals surface area contributed by atoms with Gasteiger partial charge in [0.1, 0.15) is 12.4 Å². The molecule has 0 aliphatic heterocycles. The molecule has 0 aromatic carbocycles. The van der Waals surface area contributed by atoms with Crippen LogP contribution in [0.3, 0.4) is 0 Å². The summed E-state index contributed by atoms with van der Waals surface area (Å²) in [4.78, 5) is 7.75. The van der Waals surface area contributed by atoms with Gasteiger partial charge in [-0.3, -0.25) is 0 Å². The fraction of sp³-hybridized carbons (Fsp3) is 0.600. The van der Waals surface area contributed by atoms with E-state index in [4.69, 9.17) is 21.1 Å². The van der Waals surface area contributed by atoms with Crippen LogP contribution in [-0.4, -0.2) is 28.8 Å². The van der Waals surface area contributed by atoms with Crippen LogP contribution in [0.1, 0.15) is 20.8 Å². The monoisotopic (exact) mass is 241 g/mol. The molecule has 1 rings (SSSR count). The van der Waals surface area contributed by atoms with E-state index in [1.807, 2.05) is 20.8 Å². The second-order valence-electron chi connectivity index (χ2n) is 4.40. The quantitative estimate of drug-likeness (QED) is 0.392. The lowest BCUT2D eigenvalue weighted by Crippen LogP contribution is -2.22. The normalized spacial score (nSPS) is 11.3. The van der Waals surface area contributed by atoms with Gasteiger partial charge in [0.2, 0.25) is 11.8 Å². The Hall–Kier alpha value is -1.60. The van der Waals surface area contributed by atoms with Crippen LogP contribution in [0.25, 0.3) is 0 Å². The van der Waals surface area contributed by atoms with Gasteiger partial charge >= 0.3 is 0 Å². The van der Waals surface area contributed by atoms with Crippen LogP contribution in [-0.2, 0) is 4.74 Å². The summed E-state index contributed by atoms with van der Waals surface area (Å²) in [6.45, 7) is 6.79. The summed E-state index contributed by atoms with van der Waals surface area (Å²) in [5.41, 5.74) is 7.68. The zero-order valence-electron chi connectivity index (χ0n) is 10.4. The highest BCUT2D eigenvalue weighted by Crippen LogP contribution is 2.13. The van der Waals surface area contributed by atoms with E-state index in [1.54, 1.807) is 6.07 Å². The Kier molecular flexibility index (Phi) is 4.47. The number of nitrogens with zero attached hydrogens (tertiary/aromatic N) is 2. The summed E-state index contributed by atoms with van der Waals surface area (Å²) in [5.74, 6) is 6.10. The summed E-state index contributed by atoms with van der Waals surface area (Å²) >= 11 is 0. The Morgan fingerprint density at radius 3 is 2.59 bits per heavy atom. The van der Waals surface area contributed by atoms with Crippen molar-refractivity contribution in [3.8, 4) is 5.88 Å². The second-order valence-corrected chi connectivity index (χ2v) is 4.40. The maximum Gasteiger partial charge on any atom is 0.225 e. The topological polar surface area (TPSA) is 108 Å². The Morgan fingerprint density at radius 2 is 2.00 bits per heavy atom. The zero-order valence-corrected chi connectivity index (χ0v) is 10.4. The number of hydrogen-bond donors (Lipinski definition) is 3.